The Morgan fingerprint density at radius 3 is 2.62 bits per heavy atom. The fourth-order valence-corrected chi connectivity index (χ4v) is 3.33. The van der Waals surface area contributed by atoms with Crippen molar-refractivity contribution in [1.82, 2.24) is 0 Å². The number of phenols is 1. The van der Waals surface area contributed by atoms with Crippen molar-refractivity contribution in [2.45, 2.75) is 39.2 Å². The molecule has 0 saturated carbocycles. The monoisotopic (exact) mass is 436 g/mol. The predicted molar refractivity (Wildman–Crippen MR) is 122 cm³/mol. The van der Waals surface area contributed by atoms with Crippen LogP contribution in [0.15, 0.2) is 54.6 Å². The molecule has 168 valence electrons. The molecule has 6 heteroatoms. The number of benzene rings is 2. The van der Waals surface area contributed by atoms with E-state index in [0.29, 0.717) is 23.5 Å². The Balaban J connectivity index is 1.66. The SMILES string of the molecule is COc1cc2c(c(O)c1C(=O)/C=C/C(C)CCC(=O)Oc1ccccc1)C=CC(C)(C)O2. The van der Waals surface area contributed by atoms with E-state index in [1.165, 1.54) is 13.2 Å². The molecule has 1 N–H and O–H groups in total. The minimum absolute atomic E-state index is 0.0444. The maximum atomic E-state index is 12.9. The van der Waals surface area contributed by atoms with Gasteiger partial charge < -0.3 is 19.3 Å². The number of rotatable bonds is 8. The molecule has 0 spiro atoms. The molecule has 0 fully saturated rings. The first-order valence-corrected chi connectivity index (χ1v) is 10.5. The quantitative estimate of drug-likeness (QED) is 0.260. The van der Waals surface area contributed by atoms with E-state index in [9.17, 15) is 14.7 Å². The summed E-state index contributed by atoms with van der Waals surface area (Å²) in [6.07, 6.45) is 7.42. The third-order valence-electron chi connectivity index (χ3n) is 5.11. The maximum Gasteiger partial charge on any atom is 0.311 e. The summed E-state index contributed by atoms with van der Waals surface area (Å²) in [6.45, 7) is 5.70. The van der Waals surface area contributed by atoms with Crippen LogP contribution in [0.4, 0.5) is 0 Å². The third-order valence-corrected chi connectivity index (χ3v) is 5.11. The number of para-hydroxylation sites is 1. The number of aromatic hydroxyl groups is 1. The zero-order valence-corrected chi connectivity index (χ0v) is 18.8. The number of allylic oxidation sites excluding steroid dienone is 2. The Hall–Kier alpha value is -3.54. The average Bonchev–Trinajstić information content (AvgIpc) is 2.75. The Labute approximate surface area is 188 Å². The molecular weight excluding hydrogens is 408 g/mol. The first-order chi connectivity index (χ1) is 15.2. The van der Waals surface area contributed by atoms with Gasteiger partial charge in [-0.25, -0.2) is 0 Å². The molecule has 2 aromatic rings. The molecule has 3 rings (SSSR count). The van der Waals surface area contributed by atoms with E-state index >= 15 is 0 Å². The van der Waals surface area contributed by atoms with Crippen LogP contribution in [0.1, 0.15) is 49.5 Å². The fraction of sp³-hybridized carbons (Fsp3) is 0.308. The zero-order chi connectivity index (χ0) is 23.3. The van der Waals surface area contributed by atoms with Crippen LogP contribution in [0.2, 0.25) is 0 Å². The van der Waals surface area contributed by atoms with Crippen LogP contribution in [0.3, 0.4) is 0 Å². The first kappa shape index (κ1) is 23.1. The predicted octanol–water partition coefficient (Wildman–Crippen LogP) is 5.35. The highest BCUT2D eigenvalue weighted by Crippen LogP contribution is 2.43. The number of carbonyl (C=O) groups excluding carboxylic acids is 2. The summed E-state index contributed by atoms with van der Waals surface area (Å²) < 4.78 is 16.5. The highest BCUT2D eigenvalue weighted by Gasteiger charge is 2.28. The summed E-state index contributed by atoms with van der Waals surface area (Å²) >= 11 is 0. The number of hydrogen-bond acceptors (Lipinski definition) is 6. The molecule has 6 nitrogen and oxygen atoms in total. The second-order valence-electron chi connectivity index (χ2n) is 8.28. The number of ketones is 1. The molecule has 0 aromatic heterocycles. The summed E-state index contributed by atoms with van der Waals surface area (Å²) in [6, 6.07) is 10.5. The number of hydrogen-bond donors (Lipinski definition) is 1. The number of methoxy groups -OCH3 is 1. The van der Waals surface area contributed by atoms with Gasteiger partial charge in [-0.05, 0) is 56.5 Å². The van der Waals surface area contributed by atoms with Gasteiger partial charge >= 0.3 is 5.97 Å². The first-order valence-electron chi connectivity index (χ1n) is 10.5. The van der Waals surface area contributed by atoms with Crippen LogP contribution in [0.5, 0.6) is 23.0 Å². The van der Waals surface area contributed by atoms with Crippen molar-refractivity contribution in [2.75, 3.05) is 7.11 Å². The summed E-state index contributed by atoms with van der Waals surface area (Å²) in [7, 11) is 1.44. The van der Waals surface area contributed by atoms with Gasteiger partial charge in [0.15, 0.2) is 5.78 Å². The molecule has 0 radical (unpaired) electrons. The molecule has 1 atom stereocenters. The van der Waals surface area contributed by atoms with Gasteiger partial charge in [-0.3, -0.25) is 9.59 Å². The summed E-state index contributed by atoms with van der Waals surface area (Å²) in [4.78, 5) is 24.9. The van der Waals surface area contributed by atoms with Gasteiger partial charge in [0.1, 0.15) is 34.2 Å². The van der Waals surface area contributed by atoms with Crippen molar-refractivity contribution in [3.63, 3.8) is 0 Å². The average molecular weight is 437 g/mol. The van der Waals surface area contributed by atoms with Gasteiger partial charge in [-0.2, -0.15) is 0 Å². The lowest BCUT2D eigenvalue weighted by molar-refractivity contribution is -0.134. The number of phenolic OH excluding ortho intramolecular Hbond substituents is 1. The second kappa shape index (κ2) is 9.73. The minimum atomic E-state index is -0.521. The van der Waals surface area contributed by atoms with Crippen molar-refractivity contribution in [3.8, 4) is 23.0 Å². The van der Waals surface area contributed by atoms with Gasteiger partial charge in [-0.15, -0.1) is 0 Å². The van der Waals surface area contributed by atoms with Gasteiger partial charge in [0.2, 0.25) is 0 Å². The molecule has 1 unspecified atom stereocenters. The van der Waals surface area contributed by atoms with E-state index in [-0.39, 0.29) is 41.2 Å². The summed E-state index contributed by atoms with van der Waals surface area (Å²) in [5.74, 6) is 0.258. The standard InChI is InChI=1S/C26H28O6/c1-17(11-13-23(28)31-18-8-6-5-7-9-18)10-12-20(27)24-22(30-4)16-21-19(25(24)29)14-15-26(2,3)32-21/h5-10,12,14-17,29H,11,13H2,1-4H3/b12-10+. The van der Waals surface area contributed by atoms with Crippen LogP contribution in [0, 0.1) is 5.92 Å². The molecule has 2 aromatic carbocycles. The van der Waals surface area contributed by atoms with Gasteiger partial charge in [-0.1, -0.05) is 31.2 Å². The number of fused-ring (bicyclic) bond motifs is 1. The topological polar surface area (TPSA) is 82.1 Å². The molecule has 1 aliphatic rings. The maximum absolute atomic E-state index is 12.9. The Morgan fingerprint density at radius 1 is 1.22 bits per heavy atom. The van der Waals surface area contributed by atoms with Gasteiger partial charge in [0, 0.05) is 12.5 Å². The number of ether oxygens (including phenoxy) is 3. The summed E-state index contributed by atoms with van der Waals surface area (Å²) in [5, 5.41) is 10.7. The van der Waals surface area contributed by atoms with Crippen molar-refractivity contribution < 1.29 is 28.9 Å². The highest BCUT2D eigenvalue weighted by atomic mass is 16.5. The number of carbonyl (C=O) groups is 2. The van der Waals surface area contributed by atoms with E-state index in [0.717, 1.165) is 0 Å². The van der Waals surface area contributed by atoms with E-state index < -0.39 is 5.60 Å². The molecular formula is C26H28O6. The lowest BCUT2D eigenvalue weighted by atomic mass is 9.96. The lowest BCUT2D eigenvalue weighted by Crippen LogP contribution is -2.27. The molecule has 0 saturated heterocycles. The molecule has 32 heavy (non-hydrogen) atoms. The Kier molecular flexibility index (Phi) is 7.03. The van der Waals surface area contributed by atoms with E-state index in [2.05, 4.69) is 0 Å². The zero-order valence-electron chi connectivity index (χ0n) is 18.8. The van der Waals surface area contributed by atoms with Crippen LogP contribution in [-0.4, -0.2) is 29.6 Å². The van der Waals surface area contributed by atoms with Crippen molar-refractivity contribution in [3.05, 3.63) is 65.8 Å². The molecule has 0 aliphatic carbocycles. The van der Waals surface area contributed by atoms with Crippen LogP contribution in [-0.2, 0) is 4.79 Å². The lowest BCUT2D eigenvalue weighted by Gasteiger charge is -2.29. The minimum Gasteiger partial charge on any atom is -0.506 e. The van der Waals surface area contributed by atoms with Crippen LogP contribution < -0.4 is 14.2 Å². The van der Waals surface area contributed by atoms with Gasteiger partial charge in [0.25, 0.3) is 0 Å². The fourth-order valence-electron chi connectivity index (χ4n) is 3.33. The van der Waals surface area contributed by atoms with Crippen molar-refractivity contribution in [2.24, 2.45) is 5.92 Å². The molecule has 0 amide bonds. The normalized spacial score (nSPS) is 15.0. The smallest absolute Gasteiger partial charge is 0.311 e. The van der Waals surface area contributed by atoms with Gasteiger partial charge in [0.05, 0.1) is 12.7 Å². The number of esters is 1. The third kappa shape index (κ3) is 5.58. The van der Waals surface area contributed by atoms with Crippen LogP contribution in [0.25, 0.3) is 6.08 Å². The molecule has 1 heterocycles. The second-order valence-corrected chi connectivity index (χ2v) is 8.28. The van der Waals surface area contributed by atoms with E-state index in [1.807, 2.05) is 32.9 Å². The summed E-state index contributed by atoms with van der Waals surface area (Å²) in [5.41, 5.74) is -0.00260. The van der Waals surface area contributed by atoms with E-state index in [1.54, 1.807) is 42.5 Å². The highest BCUT2D eigenvalue weighted by molar-refractivity contribution is 6.09. The molecule has 1 aliphatic heterocycles. The Bertz CT molecular complexity index is 1050. The largest absolute Gasteiger partial charge is 0.506 e. The van der Waals surface area contributed by atoms with E-state index in [4.69, 9.17) is 14.2 Å². The van der Waals surface area contributed by atoms with Crippen LogP contribution >= 0.6 is 0 Å². The molecule has 0 bridgehead atoms. The van der Waals surface area contributed by atoms with Crippen molar-refractivity contribution >= 4 is 17.8 Å². The Morgan fingerprint density at radius 2 is 1.94 bits per heavy atom. The van der Waals surface area contributed by atoms with Crippen molar-refractivity contribution in [1.29, 1.82) is 0 Å².